The molecule has 0 aliphatic carbocycles. The average Bonchev–Trinajstić information content (AvgIpc) is 3.26. The molecule has 4 N–H and O–H groups in total. The van der Waals surface area contributed by atoms with Gasteiger partial charge in [0, 0.05) is 36.7 Å². The van der Waals surface area contributed by atoms with Gasteiger partial charge in [0.2, 0.25) is 5.91 Å². The van der Waals surface area contributed by atoms with Gasteiger partial charge in [-0.1, -0.05) is 31.0 Å². The Morgan fingerprint density at radius 2 is 1.88 bits per heavy atom. The molecule has 2 aliphatic rings. The number of para-hydroxylation sites is 1. The molecule has 0 saturated carbocycles. The Kier molecular flexibility index (Phi) is 7.48. The highest BCUT2D eigenvalue weighted by Gasteiger charge is 2.33. The molecule has 0 radical (unpaired) electrons. The number of nitrogens with one attached hydrogen (secondary N) is 2. The van der Waals surface area contributed by atoms with Crippen LogP contribution < -0.4 is 10.6 Å². The Labute approximate surface area is 197 Å². The van der Waals surface area contributed by atoms with E-state index in [0.717, 1.165) is 31.6 Å². The summed E-state index contributed by atoms with van der Waals surface area (Å²) >= 11 is 0. The lowest BCUT2D eigenvalue weighted by Crippen LogP contribution is -2.44. The standard InChI is InChI=1S/C26H38N6O/c1-18-9-8-10-19(2)31(18)13-6-3-7-14-32-23-12-5-4-11-20(23)15-21(26(32)33)16-24-29-17-22(30-24)25(27)28/h4-5,11-12,17-19,21H,3,6-10,13-16H2,1-2H3,(H3,27,28)(H,29,30)/t18-,19+,21?. The molecule has 2 aliphatic heterocycles. The minimum atomic E-state index is -0.152. The summed E-state index contributed by atoms with van der Waals surface area (Å²) in [6.07, 6.45) is 10.1. The Morgan fingerprint density at radius 3 is 2.61 bits per heavy atom. The topological polar surface area (TPSA) is 102 Å². The zero-order valence-electron chi connectivity index (χ0n) is 20.0. The van der Waals surface area contributed by atoms with Crippen LogP contribution in [0.1, 0.15) is 69.5 Å². The van der Waals surface area contributed by atoms with Crippen LogP contribution in [0.2, 0.25) is 0 Å². The number of fused-ring (bicyclic) bond motifs is 1. The molecule has 33 heavy (non-hydrogen) atoms. The maximum atomic E-state index is 13.4. The molecule has 1 unspecified atom stereocenters. The number of aromatic nitrogens is 2. The van der Waals surface area contributed by atoms with Gasteiger partial charge in [-0.2, -0.15) is 0 Å². The number of likely N-dealkylation sites (tertiary alicyclic amines) is 1. The van der Waals surface area contributed by atoms with Crippen LogP contribution in [0.15, 0.2) is 30.5 Å². The fourth-order valence-electron chi connectivity index (χ4n) is 5.52. The van der Waals surface area contributed by atoms with Gasteiger partial charge in [-0.25, -0.2) is 4.98 Å². The molecule has 1 saturated heterocycles. The van der Waals surface area contributed by atoms with Crippen LogP contribution in [-0.2, 0) is 17.6 Å². The van der Waals surface area contributed by atoms with Crippen LogP contribution >= 0.6 is 0 Å². The molecule has 0 spiro atoms. The fourth-order valence-corrected chi connectivity index (χ4v) is 5.52. The Hall–Kier alpha value is -2.67. The van der Waals surface area contributed by atoms with E-state index in [-0.39, 0.29) is 17.7 Å². The maximum Gasteiger partial charge on any atom is 0.230 e. The molecule has 2 aromatic rings. The minimum absolute atomic E-state index is 0.0379. The molecule has 0 bridgehead atoms. The summed E-state index contributed by atoms with van der Waals surface area (Å²) in [5.41, 5.74) is 8.33. The number of benzene rings is 1. The first kappa shape index (κ1) is 23.5. The van der Waals surface area contributed by atoms with Gasteiger partial charge in [0.05, 0.1) is 6.20 Å². The summed E-state index contributed by atoms with van der Waals surface area (Å²) in [5.74, 6) is 0.695. The Bertz CT molecular complexity index is 959. The van der Waals surface area contributed by atoms with Crippen LogP contribution in [0.4, 0.5) is 5.69 Å². The van der Waals surface area contributed by atoms with E-state index in [0.29, 0.717) is 36.4 Å². The Balaban J connectivity index is 1.35. The molecular formula is C26H38N6O. The van der Waals surface area contributed by atoms with E-state index in [2.05, 4.69) is 40.8 Å². The van der Waals surface area contributed by atoms with Crippen LogP contribution in [-0.4, -0.2) is 51.8 Å². The normalized spacial score (nSPS) is 23.5. The van der Waals surface area contributed by atoms with Crippen molar-refractivity contribution in [3.8, 4) is 0 Å². The van der Waals surface area contributed by atoms with Crippen molar-refractivity contribution in [2.24, 2.45) is 11.7 Å². The van der Waals surface area contributed by atoms with E-state index < -0.39 is 0 Å². The number of amides is 1. The van der Waals surface area contributed by atoms with E-state index in [1.165, 1.54) is 31.2 Å². The number of amidine groups is 1. The van der Waals surface area contributed by atoms with Crippen LogP contribution in [0.3, 0.4) is 0 Å². The monoisotopic (exact) mass is 450 g/mol. The summed E-state index contributed by atoms with van der Waals surface area (Å²) in [6.45, 7) is 6.63. The number of anilines is 1. The molecule has 7 nitrogen and oxygen atoms in total. The molecule has 1 aromatic carbocycles. The number of nitrogen functional groups attached to an aromatic ring is 1. The highest BCUT2D eigenvalue weighted by molar-refractivity contribution is 5.98. The smallest absolute Gasteiger partial charge is 0.230 e. The van der Waals surface area contributed by atoms with Gasteiger partial charge in [0.15, 0.2) is 0 Å². The van der Waals surface area contributed by atoms with E-state index in [4.69, 9.17) is 11.1 Å². The molecular weight excluding hydrogens is 412 g/mol. The molecule has 3 heterocycles. The van der Waals surface area contributed by atoms with Crippen molar-refractivity contribution in [1.82, 2.24) is 14.9 Å². The largest absolute Gasteiger partial charge is 0.382 e. The number of piperidine rings is 1. The summed E-state index contributed by atoms with van der Waals surface area (Å²) in [6, 6.07) is 9.64. The summed E-state index contributed by atoms with van der Waals surface area (Å²) in [4.78, 5) is 25.5. The third-order valence-corrected chi connectivity index (χ3v) is 7.40. The first-order valence-electron chi connectivity index (χ1n) is 12.5. The lowest BCUT2D eigenvalue weighted by Gasteiger charge is -2.39. The number of nitrogens with zero attached hydrogens (tertiary/aromatic N) is 3. The first-order valence-corrected chi connectivity index (χ1v) is 12.5. The second-order valence-electron chi connectivity index (χ2n) is 9.81. The van der Waals surface area contributed by atoms with Gasteiger partial charge in [0.1, 0.15) is 17.4 Å². The second-order valence-corrected chi connectivity index (χ2v) is 9.81. The molecule has 4 rings (SSSR count). The molecule has 1 amide bonds. The minimum Gasteiger partial charge on any atom is -0.382 e. The summed E-state index contributed by atoms with van der Waals surface area (Å²) in [7, 11) is 0. The third kappa shape index (κ3) is 5.46. The van der Waals surface area contributed by atoms with Crippen molar-refractivity contribution in [2.75, 3.05) is 18.0 Å². The number of imidazole rings is 1. The molecule has 3 atom stereocenters. The van der Waals surface area contributed by atoms with Crippen molar-refractivity contribution in [3.63, 3.8) is 0 Å². The number of hydrogen-bond acceptors (Lipinski definition) is 4. The number of unbranched alkanes of at least 4 members (excludes halogenated alkanes) is 2. The zero-order chi connectivity index (χ0) is 23.4. The second kappa shape index (κ2) is 10.5. The SMILES string of the molecule is C[C@@H]1CCC[C@H](C)N1CCCCCN1C(=O)C(Cc2ncc(C(=N)N)[nH]2)Cc2ccccc21. The number of carbonyl (C=O) groups is 1. The molecule has 7 heteroatoms. The van der Waals surface area contributed by atoms with E-state index >= 15 is 0 Å². The van der Waals surface area contributed by atoms with Crippen LogP contribution in [0, 0.1) is 11.3 Å². The Morgan fingerprint density at radius 1 is 1.15 bits per heavy atom. The van der Waals surface area contributed by atoms with E-state index in [1.54, 1.807) is 6.20 Å². The van der Waals surface area contributed by atoms with Gasteiger partial charge in [-0.05, 0) is 64.1 Å². The average molecular weight is 451 g/mol. The number of aromatic amines is 1. The van der Waals surface area contributed by atoms with Crippen molar-refractivity contribution >= 4 is 17.4 Å². The molecule has 1 fully saturated rings. The number of nitrogens with two attached hydrogens (primary N) is 1. The van der Waals surface area contributed by atoms with Crippen molar-refractivity contribution in [2.45, 2.75) is 77.3 Å². The molecule has 1 aromatic heterocycles. The highest BCUT2D eigenvalue weighted by atomic mass is 16.2. The van der Waals surface area contributed by atoms with Gasteiger partial charge in [-0.3, -0.25) is 15.1 Å². The number of rotatable bonds is 9. The lowest BCUT2D eigenvalue weighted by atomic mass is 9.89. The van der Waals surface area contributed by atoms with Crippen molar-refractivity contribution < 1.29 is 4.79 Å². The van der Waals surface area contributed by atoms with Gasteiger partial charge >= 0.3 is 0 Å². The number of H-pyrrole nitrogens is 1. The van der Waals surface area contributed by atoms with E-state index in [9.17, 15) is 4.79 Å². The summed E-state index contributed by atoms with van der Waals surface area (Å²) < 4.78 is 0. The van der Waals surface area contributed by atoms with Crippen LogP contribution in [0.25, 0.3) is 0 Å². The molecule has 178 valence electrons. The van der Waals surface area contributed by atoms with E-state index in [1.807, 2.05) is 17.0 Å². The predicted octanol–water partition coefficient (Wildman–Crippen LogP) is 3.87. The van der Waals surface area contributed by atoms with Crippen molar-refractivity contribution in [1.29, 1.82) is 5.41 Å². The van der Waals surface area contributed by atoms with Gasteiger partial charge in [-0.15, -0.1) is 0 Å². The lowest BCUT2D eigenvalue weighted by molar-refractivity contribution is -0.122. The van der Waals surface area contributed by atoms with Gasteiger partial charge < -0.3 is 15.6 Å². The third-order valence-electron chi connectivity index (χ3n) is 7.40. The maximum absolute atomic E-state index is 13.4. The zero-order valence-corrected chi connectivity index (χ0v) is 20.0. The van der Waals surface area contributed by atoms with Gasteiger partial charge in [0.25, 0.3) is 0 Å². The fraction of sp³-hybridized carbons (Fsp3) is 0.577. The first-order chi connectivity index (χ1) is 15.9. The van der Waals surface area contributed by atoms with Crippen LogP contribution in [0.5, 0.6) is 0 Å². The number of hydrogen-bond donors (Lipinski definition) is 3. The quantitative estimate of drug-likeness (QED) is 0.306. The highest BCUT2D eigenvalue weighted by Crippen LogP contribution is 2.32. The predicted molar refractivity (Wildman–Crippen MR) is 133 cm³/mol. The summed E-state index contributed by atoms with van der Waals surface area (Å²) in [5, 5.41) is 7.56. The number of carbonyl (C=O) groups excluding carboxylic acids is 1. The van der Waals surface area contributed by atoms with Crippen molar-refractivity contribution in [3.05, 3.63) is 47.5 Å².